The highest BCUT2D eigenvalue weighted by atomic mass is 79.9. The zero-order valence-corrected chi connectivity index (χ0v) is 8.21. The Morgan fingerprint density at radius 2 is 2.25 bits per heavy atom. The number of hydrogen-bond acceptors (Lipinski definition) is 2. The minimum absolute atomic E-state index is 0.130. The van der Waals surface area contributed by atoms with Crippen molar-refractivity contribution in [1.29, 1.82) is 0 Å². The average Bonchev–Trinajstić information content (AvgIpc) is 2.28. The predicted octanol–water partition coefficient (Wildman–Crippen LogP) is 2.26. The molecule has 0 amide bonds. The summed E-state index contributed by atoms with van der Waals surface area (Å²) < 4.78 is 6.39. The van der Waals surface area contributed by atoms with E-state index in [4.69, 9.17) is 4.74 Å². The Morgan fingerprint density at radius 1 is 1.50 bits per heavy atom. The maximum Gasteiger partial charge on any atom is 0.126 e. The monoisotopic (exact) mass is 228 g/mol. The summed E-state index contributed by atoms with van der Waals surface area (Å²) in [6.07, 6.45) is -0.609. The summed E-state index contributed by atoms with van der Waals surface area (Å²) >= 11 is 3.34. The standard InChI is InChI=1S/C9H9BrO2/c1-5-9(11)7-3-2-6(10)4-8(7)12-5/h2-5,9,11H,1H3. The van der Waals surface area contributed by atoms with Gasteiger partial charge in [0.05, 0.1) is 0 Å². The van der Waals surface area contributed by atoms with Gasteiger partial charge in [-0.25, -0.2) is 0 Å². The van der Waals surface area contributed by atoms with E-state index in [9.17, 15) is 5.11 Å². The van der Waals surface area contributed by atoms with Crippen molar-refractivity contribution in [2.75, 3.05) is 0 Å². The Kier molecular flexibility index (Phi) is 1.85. The molecule has 1 aliphatic heterocycles. The third kappa shape index (κ3) is 1.13. The summed E-state index contributed by atoms with van der Waals surface area (Å²) in [6.45, 7) is 1.86. The third-order valence-electron chi connectivity index (χ3n) is 2.05. The van der Waals surface area contributed by atoms with E-state index >= 15 is 0 Å². The lowest BCUT2D eigenvalue weighted by Gasteiger charge is -2.06. The molecule has 12 heavy (non-hydrogen) atoms. The summed E-state index contributed by atoms with van der Waals surface area (Å²) in [5, 5.41) is 9.60. The van der Waals surface area contributed by atoms with Crippen LogP contribution in [0.5, 0.6) is 5.75 Å². The van der Waals surface area contributed by atoms with Crippen molar-refractivity contribution in [1.82, 2.24) is 0 Å². The molecular weight excluding hydrogens is 220 g/mol. The summed E-state index contributed by atoms with van der Waals surface area (Å²) in [5.74, 6) is 0.782. The van der Waals surface area contributed by atoms with Gasteiger partial charge in [0.15, 0.2) is 0 Å². The van der Waals surface area contributed by atoms with Crippen LogP contribution in [0, 0.1) is 0 Å². The van der Waals surface area contributed by atoms with Crippen LogP contribution in [0.3, 0.4) is 0 Å². The van der Waals surface area contributed by atoms with Crippen LogP contribution < -0.4 is 4.74 Å². The van der Waals surface area contributed by atoms with Crippen molar-refractivity contribution < 1.29 is 9.84 Å². The topological polar surface area (TPSA) is 29.5 Å². The maximum absolute atomic E-state index is 9.60. The number of aliphatic hydroxyl groups is 1. The van der Waals surface area contributed by atoms with Crippen molar-refractivity contribution >= 4 is 15.9 Å². The number of fused-ring (bicyclic) bond motifs is 1. The first kappa shape index (κ1) is 8.08. The number of rotatable bonds is 0. The Labute approximate surface area is 79.3 Å². The minimum atomic E-state index is -0.479. The van der Waals surface area contributed by atoms with Crippen LogP contribution in [0.2, 0.25) is 0 Å². The van der Waals surface area contributed by atoms with Gasteiger partial charge in [0, 0.05) is 10.0 Å². The van der Waals surface area contributed by atoms with E-state index in [2.05, 4.69) is 15.9 Å². The summed E-state index contributed by atoms with van der Waals surface area (Å²) in [7, 11) is 0. The molecule has 1 N–H and O–H groups in total. The average molecular weight is 229 g/mol. The molecule has 0 aliphatic carbocycles. The smallest absolute Gasteiger partial charge is 0.126 e. The van der Waals surface area contributed by atoms with E-state index in [1.807, 2.05) is 25.1 Å². The molecule has 1 heterocycles. The lowest BCUT2D eigenvalue weighted by molar-refractivity contribution is 0.0796. The molecule has 2 nitrogen and oxygen atoms in total. The fourth-order valence-electron chi connectivity index (χ4n) is 1.37. The maximum atomic E-state index is 9.60. The number of aliphatic hydroxyl groups excluding tert-OH is 1. The van der Waals surface area contributed by atoms with Crippen molar-refractivity contribution in [2.45, 2.75) is 19.1 Å². The molecule has 0 saturated carbocycles. The molecule has 1 aromatic rings. The first-order valence-electron chi connectivity index (χ1n) is 3.82. The molecule has 2 rings (SSSR count). The van der Waals surface area contributed by atoms with Crippen LogP contribution in [0.1, 0.15) is 18.6 Å². The Hall–Kier alpha value is -0.540. The van der Waals surface area contributed by atoms with Crippen molar-refractivity contribution in [3.63, 3.8) is 0 Å². The molecule has 0 aromatic heterocycles. The molecule has 0 fully saturated rings. The Balaban J connectivity index is 2.47. The van der Waals surface area contributed by atoms with Gasteiger partial charge in [-0.2, -0.15) is 0 Å². The van der Waals surface area contributed by atoms with Gasteiger partial charge in [-0.15, -0.1) is 0 Å². The van der Waals surface area contributed by atoms with Gasteiger partial charge in [0.25, 0.3) is 0 Å². The molecule has 0 radical (unpaired) electrons. The highest BCUT2D eigenvalue weighted by Crippen LogP contribution is 2.37. The van der Waals surface area contributed by atoms with E-state index < -0.39 is 6.10 Å². The van der Waals surface area contributed by atoms with E-state index in [1.54, 1.807) is 0 Å². The quantitative estimate of drug-likeness (QED) is 0.739. The molecule has 64 valence electrons. The predicted molar refractivity (Wildman–Crippen MR) is 49.2 cm³/mol. The highest BCUT2D eigenvalue weighted by molar-refractivity contribution is 9.10. The second-order valence-electron chi connectivity index (χ2n) is 2.95. The van der Waals surface area contributed by atoms with Gasteiger partial charge in [0.2, 0.25) is 0 Å². The van der Waals surface area contributed by atoms with Crippen molar-refractivity contribution in [2.24, 2.45) is 0 Å². The Bertz CT molecular complexity index is 311. The first-order chi connectivity index (χ1) is 5.68. The van der Waals surface area contributed by atoms with Gasteiger partial charge in [-0.05, 0) is 19.1 Å². The molecule has 2 unspecified atom stereocenters. The van der Waals surface area contributed by atoms with E-state index in [0.717, 1.165) is 15.8 Å². The van der Waals surface area contributed by atoms with Gasteiger partial charge >= 0.3 is 0 Å². The fourth-order valence-corrected chi connectivity index (χ4v) is 1.71. The molecule has 0 saturated heterocycles. The molecule has 2 atom stereocenters. The largest absolute Gasteiger partial charge is 0.487 e. The van der Waals surface area contributed by atoms with Crippen LogP contribution in [-0.2, 0) is 0 Å². The number of hydrogen-bond donors (Lipinski definition) is 1. The Morgan fingerprint density at radius 3 is 3.00 bits per heavy atom. The summed E-state index contributed by atoms with van der Waals surface area (Å²) in [5.41, 5.74) is 0.880. The first-order valence-corrected chi connectivity index (χ1v) is 4.62. The van der Waals surface area contributed by atoms with Crippen LogP contribution >= 0.6 is 15.9 Å². The van der Waals surface area contributed by atoms with Crippen molar-refractivity contribution in [3.8, 4) is 5.75 Å². The van der Waals surface area contributed by atoms with Crippen LogP contribution in [0.25, 0.3) is 0 Å². The molecule has 0 bridgehead atoms. The fraction of sp³-hybridized carbons (Fsp3) is 0.333. The van der Waals surface area contributed by atoms with Gasteiger partial charge in [-0.3, -0.25) is 0 Å². The zero-order chi connectivity index (χ0) is 8.72. The third-order valence-corrected chi connectivity index (χ3v) is 2.55. The van der Waals surface area contributed by atoms with Crippen LogP contribution in [-0.4, -0.2) is 11.2 Å². The van der Waals surface area contributed by atoms with Crippen molar-refractivity contribution in [3.05, 3.63) is 28.2 Å². The van der Waals surface area contributed by atoms with Crippen LogP contribution in [0.15, 0.2) is 22.7 Å². The molecule has 0 spiro atoms. The zero-order valence-electron chi connectivity index (χ0n) is 6.62. The van der Waals surface area contributed by atoms with E-state index in [0.29, 0.717) is 0 Å². The van der Waals surface area contributed by atoms with Gasteiger partial charge in [0.1, 0.15) is 18.0 Å². The summed E-state index contributed by atoms with van der Waals surface area (Å²) in [4.78, 5) is 0. The highest BCUT2D eigenvalue weighted by Gasteiger charge is 2.28. The lowest BCUT2D eigenvalue weighted by atomic mass is 10.1. The molecular formula is C9H9BrO2. The number of halogens is 1. The molecule has 3 heteroatoms. The van der Waals surface area contributed by atoms with Crippen LogP contribution in [0.4, 0.5) is 0 Å². The van der Waals surface area contributed by atoms with E-state index in [-0.39, 0.29) is 6.10 Å². The van der Waals surface area contributed by atoms with Gasteiger partial charge in [-0.1, -0.05) is 22.0 Å². The normalized spacial score (nSPS) is 26.6. The lowest BCUT2D eigenvalue weighted by Crippen LogP contribution is -2.12. The van der Waals surface area contributed by atoms with E-state index in [1.165, 1.54) is 0 Å². The summed E-state index contributed by atoms with van der Waals surface area (Å²) in [6, 6.07) is 5.67. The second-order valence-corrected chi connectivity index (χ2v) is 3.87. The number of benzene rings is 1. The molecule has 1 aliphatic rings. The minimum Gasteiger partial charge on any atom is -0.487 e. The second kappa shape index (κ2) is 2.75. The SMILES string of the molecule is CC1Oc2cc(Br)ccc2C1O. The number of ether oxygens (including phenoxy) is 1. The molecule has 1 aromatic carbocycles. The van der Waals surface area contributed by atoms with Gasteiger partial charge < -0.3 is 9.84 Å².